The predicted molar refractivity (Wildman–Crippen MR) is 132 cm³/mol. The Morgan fingerprint density at radius 2 is 1.38 bits per heavy atom. The van der Waals surface area contributed by atoms with E-state index in [1.807, 2.05) is 0 Å². The molecule has 3 heterocycles. The molecule has 2 nitrogen and oxygen atoms in total. The van der Waals surface area contributed by atoms with Crippen LogP contribution in [0.2, 0.25) is 0 Å². The lowest BCUT2D eigenvalue weighted by Gasteiger charge is -2.52. The Morgan fingerprint density at radius 1 is 0.750 bits per heavy atom. The minimum absolute atomic E-state index is 0.396. The van der Waals surface area contributed by atoms with E-state index in [0.717, 1.165) is 24.5 Å². The monoisotopic (exact) mass is 422 g/mol. The minimum Gasteiger partial charge on any atom is -0.308 e. The fourth-order valence-corrected chi connectivity index (χ4v) is 7.11. The molecule has 0 spiro atoms. The summed E-state index contributed by atoms with van der Waals surface area (Å²) < 4.78 is 0. The zero-order chi connectivity index (χ0) is 21.3. The molecule has 4 bridgehead atoms. The Balaban J connectivity index is 1.40. The summed E-state index contributed by atoms with van der Waals surface area (Å²) in [5.74, 6) is 1.26. The first-order chi connectivity index (χ1) is 15.9. The van der Waals surface area contributed by atoms with Crippen LogP contribution in [0.1, 0.15) is 54.7 Å². The molecule has 32 heavy (non-hydrogen) atoms. The van der Waals surface area contributed by atoms with Crippen LogP contribution in [0.5, 0.6) is 0 Å². The molecule has 0 saturated carbocycles. The largest absolute Gasteiger partial charge is 0.308 e. The van der Waals surface area contributed by atoms with Crippen LogP contribution in [-0.2, 0) is 6.54 Å². The first-order valence-corrected chi connectivity index (χ1v) is 12.5. The standard InChI is InChI=1S/C30H34N2/c1-4-11-22(12-5-1)21-31-27-20-25-19-26-17-10-18-28(25)32(26)30(27)29(23-13-6-2-7-14-23)24-15-8-3-9-16-24/h1-9,11-16,25-31H,10,17-21H2/t25-,26-,27?,28-,30?/m1/s1. The Labute approximate surface area is 192 Å². The molecule has 3 aliphatic rings. The number of hydrogen-bond acceptors (Lipinski definition) is 2. The Kier molecular flexibility index (Phi) is 5.58. The zero-order valence-electron chi connectivity index (χ0n) is 18.8. The number of rotatable bonds is 6. The second-order valence-electron chi connectivity index (χ2n) is 10.1. The molecule has 0 radical (unpaired) electrons. The lowest BCUT2D eigenvalue weighted by molar-refractivity contribution is 0.0151. The van der Waals surface area contributed by atoms with E-state index >= 15 is 0 Å². The number of piperidine rings is 2. The molecule has 1 N–H and O–H groups in total. The van der Waals surface area contributed by atoms with Crippen molar-refractivity contribution in [2.75, 3.05) is 0 Å². The van der Waals surface area contributed by atoms with Crippen molar-refractivity contribution in [3.63, 3.8) is 0 Å². The van der Waals surface area contributed by atoms with E-state index in [2.05, 4.69) is 101 Å². The topological polar surface area (TPSA) is 15.3 Å². The Bertz CT molecular complexity index is 963. The summed E-state index contributed by atoms with van der Waals surface area (Å²) in [7, 11) is 0. The third-order valence-electron chi connectivity index (χ3n) is 8.34. The number of benzene rings is 3. The highest BCUT2D eigenvalue weighted by molar-refractivity contribution is 5.36. The molecule has 6 atom stereocenters. The fourth-order valence-electron chi connectivity index (χ4n) is 7.11. The maximum absolute atomic E-state index is 4.06. The average Bonchev–Trinajstić information content (AvgIpc) is 2.98. The predicted octanol–water partition coefficient (Wildman–Crippen LogP) is 5.99. The SMILES string of the molecule is c1ccc(CNC2C[C@H]3C[C@H]4CCC[C@H]3N4C2C(c2ccccc2)c2ccccc2)cc1. The summed E-state index contributed by atoms with van der Waals surface area (Å²) in [4.78, 5) is 2.99. The van der Waals surface area contributed by atoms with Gasteiger partial charge in [0.1, 0.15) is 0 Å². The summed E-state index contributed by atoms with van der Waals surface area (Å²) in [6, 6.07) is 36.0. The van der Waals surface area contributed by atoms with Crippen molar-refractivity contribution in [3.8, 4) is 0 Å². The van der Waals surface area contributed by atoms with Gasteiger partial charge in [-0.3, -0.25) is 4.90 Å². The van der Waals surface area contributed by atoms with Crippen molar-refractivity contribution in [2.24, 2.45) is 5.92 Å². The Hall–Kier alpha value is -2.42. The molecule has 6 rings (SSSR count). The highest BCUT2D eigenvalue weighted by Gasteiger charge is 2.54. The maximum atomic E-state index is 4.06. The molecule has 3 fully saturated rings. The van der Waals surface area contributed by atoms with Crippen LogP contribution in [0.25, 0.3) is 0 Å². The van der Waals surface area contributed by atoms with Crippen molar-refractivity contribution < 1.29 is 0 Å². The van der Waals surface area contributed by atoms with Gasteiger partial charge in [0.25, 0.3) is 0 Å². The van der Waals surface area contributed by atoms with Crippen LogP contribution in [0.15, 0.2) is 91.0 Å². The van der Waals surface area contributed by atoms with E-state index in [-0.39, 0.29) is 0 Å². The quantitative estimate of drug-likeness (QED) is 0.525. The van der Waals surface area contributed by atoms with Crippen LogP contribution in [-0.4, -0.2) is 29.1 Å². The van der Waals surface area contributed by atoms with Crippen molar-refractivity contribution in [2.45, 2.75) is 68.7 Å². The maximum Gasteiger partial charge on any atom is 0.0364 e. The first-order valence-electron chi connectivity index (χ1n) is 12.5. The molecule has 0 aromatic heterocycles. The summed E-state index contributed by atoms with van der Waals surface area (Å²) in [5, 5.41) is 4.06. The van der Waals surface area contributed by atoms with E-state index < -0.39 is 0 Å². The van der Waals surface area contributed by atoms with Gasteiger partial charge in [-0.1, -0.05) is 97.4 Å². The van der Waals surface area contributed by atoms with E-state index in [0.29, 0.717) is 18.0 Å². The van der Waals surface area contributed by atoms with Gasteiger partial charge in [0, 0.05) is 36.6 Å². The summed E-state index contributed by atoms with van der Waals surface area (Å²) >= 11 is 0. The van der Waals surface area contributed by atoms with Gasteiger partial charge in [0.15, 0.2) is 0 Å². The lowest BCUT2D eigenvalue weighted by atomic mass is 9.74. The number of nitrogens with zero attached hydrogens (tertiary/aromatic N) is 1. The van der Waals surface area contributed by atoms with Gasteiger partial charge in [-0.25, -0.2) is 0 Å². The molecule has 3 aromatic rings. The lowest BCUT2D eigenvalue weighted by Crippen LogP contribution is -2.61. The average molecular weight is 423 g/mol. The molecule has 0 amide bonds. The molecular formula is C30H34N2. The first kappa shape index (κ1) is 20.2. The van der Waals surface area contributed by atoms with Crippen LogP contribution in [0.4, 0.5) is 0 Å². The van der Waals surface area contributed by atoms with Gasteiger partial charge >= 0.3 is 0 Å². The van der Waals surface area contributed by atoms with Gasteiger partial charge < -0.3 is 5.32 Å². The fraction of sp³-hybridized carbons (Fsp3) is 0.400. The van der Waals surface area contributed by atoms with Gasteiger partial charge in [0.2, 0.25) is 0 Å². The van der Waals surface area contributed by atoms with Crippen molar-refractivity contribution >= 4 is 0 Å². The summed E-state index contributed by atoms with van der Waals surface area (Å²) in [6.45, 7) is 0.953. The number of hydrogen-bond donors (Lipinski definition) is 1. The van der Waals surface area contributed by atoms with Crippen LogP contribution >= 0.6 is 0 Å². The smallest absolute Gasteiger partial charge is 0.0364 e. The Morgan fingerprint density at radius 3 is 2.03 bits per heavy atom. The minimum atomic E-state index is 0.396. The van der Waals surface area contributed by atoms with E-state index in [1.165, 1.54) is 48.8 Å². The summed E-state index contributed by atoms with van der Waals surface area (Å²) in [5.41, 5.74) is 4.30. The molecule has 3 aliphatic heterocycles. The van der Waals surface area contributed by atoms with Gasteiger partial charge in [-0.2, -0.15) is 0 Å². The van der Waals surface area contributed by atoms with Gasteiger partial charge in [0.05, 0.1) is 0 Å². The molecule has 3 unspecified atom stereocenters. The molecule has 164 valence electrons. The van der Waals surface area contributed by atoms with Crippen molar-refractivity contribution in [1.29, 1.82) is 0 Å². The van der Waals surface area contributed by atoms with E-state index in [1.54, 1.807) is 0 Å². The van der Waals surface area contributed by atoms with Crippen LogP contribution < -0.4 is 5.32 Å². The summed E-state index contributed by atoms with van der Waals surface area (Å²) in [6.07, 6.45) is 6.90. The van der Waals surface area contributed by atoms with E-state index in [4.69, 9.17) is 0 Å². The van der Waals surface area contributed by atoms with Gasteiger partial charge in [-0.05, 0) is 48.3 Å². The third-order valence-corrected chi connectivity index (χ3v) is 8.34. The molecule has 3 saturated heterocycles. The molecular weight excluding hydrogens is 388 g/mol. The van der Waals surface area contributed by atoms with Crippen molar-refractivity contribution in [1.82, 2.24) is 10.2 Å². The number of nitrogens with one attached hydrogen (secondary N) is 1. The zero-order valence-corrected chi connectivity index (χ0v) is 18.8. The normalized spacial score (nSPS) is 31.0. The van der Waals surface area contributed by atoms with Gasteiger partial charge in [-0.15, -0.1) is 0 Å². The third kappa shape index (κ3) is 3.70. The second-order valence-corrected chi connectivity index (χ2v) is 10.1. The van der Waals surface area contributed by atoms with E-state index in [9.17, 15) is 0 Å². The van der Waals surface area contributed by atoms with Crippen molar-refractivity contribution in [3.05, 3.63) is 108 Å². The molecule has 3 aromatic carbocycles. The highest BCUT2D eigenvalue weighted by atomic mass is 15.3. The second kappa shape index (κ2) is 8.84. The highest BCUT2D eigenvalue weighted by Crippen LogP contribution is 2.51. The van der Waals surface area contributed by atoms with Crippen LogP contribution in [0, 0.1) is 5.92 Å². The van der Waals surface area contributed by atoms with Crippen LogP contribution in [0.3, 0.4) is 0 Å². The molecule has 2 heteroatoms. The molecule has 0 aliphatic carbocycles.